The molecule has 1 aliphatic heterocycles. The van der Waals surface area contributed by atoms with Gasteiger partial charge >= 0.3 is 0 Å². The molecule has 0 aromatic heterocycles. The van der Waals surface area contributed by atoms with Crippen molar-refractivity contribution in [3.63, 3.8) is 0 Å². The summed E-state index contributed by atoms with van der Waals surface area (Å²) in [5, 5.41) is 9.74. The molecule has 1 saturated heterocycles. The van der Waals surface area contributed by atoms with E-state index < -0.39 is 0 Å². The summed E-state index contributed by atoms with van der Waals surface area (Å²) >= 11 is 5.96. The quantitative estimate of drug-likeness (QED) is 0.850. The van der Waals surface area contributed by atoms with Gasteiger partial charge in [-0.05, 0) is 36.2 Å². The third-order valence-electron chi connectivity index (χ3n) is 4.17. The van der Waals surface area contributed by atoms with Gasteiger partial charge in [0.2, 0.25) is 0 Å². The SMILES string of the molecule is COc1cc(C#N)ccc1CN1CCC1c1ccc(Cl)cc1. The van der Waals surface area contributed by atoms with Crippen molar-refractivity contribution in [1.82, 2.24) is 4.90 Å². The van der Waals surface area contributed by atoms with E-state index in [2.05, 4.69) is 23.1 Å². The topological polar surface area (TPSA) is 36.3 Å². The van der Waals surface area contributed by atoms with Crippen LogP contribution in [0.2, 0.25) is 5.02 Å². The molecule has 112 valence electrons. The van der Waals surface area contributed by atoms with Gasteiger partial charge in [0.25, 0.3) is 0 Å². The zero-order chi connectivity index (χ0) is 15.5. The fourth-order valence-corrected chi connectivity index (χ4v) is 2.98. The molecule has 0 saturated carbocycles. The number of halogens is 1. The molecule has 0 aliphatic carbocycles. The summed E-state index contributed by atoms with van der Waals surface area (Å²) in [5.41, 5.74) is 3.03. The molecule has 4 heteroatoms. The lowest BCUT2D eigenvalue weighted by molar-refractivity contribution is 0.0809. The predicted octanol–water partition coefficient (Wildman–Crippen LogP) is 4.17. The van der Waals surface area contributed by atoms with Crippen LogP contribution >= 0.6 is 11.6 Å². The molecule has 22 heavy (non-hydrogen) atoms. The summed E-state index contributed by atoms with van der Waals surface area (Å²) in [6.45, 7) is 1.89. The van der Waals surface area contributed by atoms with E-state index in [1.54, 1.807) is 13.2 Å². The van der Waals surface area contributed by atoms with Gasteiger partial charge in [-0.2, -0.15) is 5.26 Å². The average molecular weight is 313 g/mol. The third kappa shape index (κ3) is 2.94. The van der Waals surface area contributed by atoms with Crippen LogP contribution in [0.5, 0.6) is 5.75 Å². The van der Waals surface area contributed by atoms with E-state index in [4.69, 9.17) is 21.6 Å². The molecule has 0 amide bonds. The maximum atomic E-state index is 8.97. The second-order valence-corrected chi connectivity index (χ2v) is 5.90. The Bertz CT molecular complexity index is 706. The second-order valence-electron chi connectivity index (χ2n) is 5.46. The molecule has 0 bridgehead atoms. The van der Waals surface area contributed by atoms with Gasteiger partial charge in [-0.25, -0.2) is 0 Å². The van der Waals surface area contributed by atoms with E-state index in [0.29, 0.717) is 11.6 Å². The van der Waals surface area contributed by atoms with Crippen LogP contribution in [-0.2, 0) is 6.54 Å². The van der Waals surface area contributed by atoms with Crippen LogP contribution < -0.4 is 4.74 Å². The molecule has 1 unspecified atom stereocenters. The van der Waals surface area contributed by atoms with E-state index in [1.807, 2.05) is 24.3 Å². The van der Waals surface area contributed by atoms with Crippen molar-refractivity contribution in [2.45, 2.75) is 19.0 Å². The number of hydrogen-bond acceptors (Lipinski definition) is 3. The lowest BCUT2D eigenvalue weighted by Gasteiger charge is -2.41. The van der Waals surface area contributed by atoms with Crippen LogP contribution in [-0.4, -0.2) is 18.6 Å². The number of nitrogens with zero attached hydrogens (tertiary/aromatic N) is 2. The number of methoxy groups -OCH3 is 1. The molecule has 1 atom stereocenters. The van der Waals surface area contributed by atoms with Crippen LogP contribution in [0.1, 0.15) is 29.2 Å². The molecule has 0 spiro atoms. The number of nitriles is 1. The monoisotopic (exact) mass is 312 g/mol. The highest BCUT2D eigenvalue weighted by molar-refractivity contribution is 6.30. The third-order valence-corrected chi connectivity index (χ3v) is 4.43. The number of likely N-dealkylation sites (tertiary alicyclic amines) is 1. The zero-order valence-electron chi connectivity index (χ0n) is 12.4. The molecule has 2 aromatic carbocycles. The Labute approximate surface area is 135 Å². The second kappa shape index (κ2) is 6.39. The van der Waals surface area contributed by atoms with E-state index in [1.165, 1.54) is 5.56 Å². The largest absolute Gasteiger partial charge is 0.496 e. The number of ether oxygens (including phenoxy) is 1. The highest BCUT2D eigenvalue weighted by Crippen LogP contribution is 2.36. The summed E-state index contributed by atoms with van der Waals surface area (Å²) in [5.74, 6) is 0.779. The Morgan fingerprint density at radius 1 is 1.27 bits per heavy atom. The van der Waals surface area contributed by atoms with Crippen molar-refractivity contribution in [3.8, 4) is 11.8 Å². The van der Waals surface area contributed by atoms with Gasteiger partial charge in [-0.3, -0.25) is 4.90 Å². The van der Waals surface area contributed by atoms with E-state index >= 15 is 0 Å². The van der Waals surface area contributed by atoms with Crippen molar-refractivity contribution < 1.29 is 4.74 Å². The van der Waals surface area contributed by atoms with Gasteiger partial charge in [0.1, 0.15) is 5.75 Å². The van der Waals surface area contributed by atoms with E-state index in [9.17, 15) is 0 Å². The molecule has 3 rings (SSSR count). The maximum absolute atomic E-state index is 8.97. The van der Waals surface area contributed by atoms with E-state index in [0.717, 1.165) is 35.8 Å². The zero-order valence-corrected chi connectivity index (χ0v) is 13.2. The molecule has 0 N–H and O–H groups in total. The molecular weight excluding hydrogens is 296 g/mol. The van der Waals surface area contributed by atoms with Crippen LogP contribution in [0.3, 0.4) is 0 Å². The first-order valence-corrected chi connectivity index (χ1v) is 7.65. The lowest BCUT2D eigenvalue weighted by Crippen LogP contribution is -2.40. The van der Waals surface area contributed by atoms with Crippen molar-refractivity contribution in [1.29, 1.82) is 5.26 Å². The Kier molecular flexibility index (Phi) is 4.33. The minimum atomic E-state index is 0.428. The fraction of sp³-hybridized carbons (Fsp3) is 0.278. The first kappa shape index (κ1) is 14.9. The van der Waals surface area contributed by atoms with Crippen LogP contribution in [0, 0.1) is 11.3 Å². The van der Waals surface area contributed by atoms with E-state index in [-0.39, 0.29) is 0 Å². The summed E-state index contributed by atoms with van der Waals surface area (Å²) < 4.78 is 5.42. The molecule has 1 aliphatic rings. The Hall–Kier alpha value is -2.02. The molecule has 3 nitrogen and oxygen atoms in total. The minimum absolute atomic E-state index is 0.428. The molecular formula is C18H17ClN2O. The number of hydrogen-bond donors (Lipinski definition) is 0. The first-order valence-electron chi connectivity index (χ1n) is 7.28. The molecule has 1 heterocycles. The fourth-order valence-electron chi connectivity index (χ4n) is 2.86. The first-order chi connectivity index (χ1) is 10.7. The van der Waals surface area contributed by atoms with Gasteiger partial charge < -0.3 is 4.74 Å². The van der Waals surface area contributed by atoms with Gasteiger partial charge in [-0.15, -0.1) is 0 Å². The summed E-state index contributed by atoms with van der Waals surface area (Å²) in [4.78, 5) is 2.41. The highest BCUT2D eigenvalue weighted by atomic mass is 35.5. The molecule has 2 aromatic rings. The van der Waals surface area contributed by atoms with Gasteiger partial charge in [0.15, 0.2) is 0 Å². The van der Waals surface area contributed by atoms with Crippen LogP contribution in [0.4, 0.5) is 0 Å². The van der Waals surface area contributed by atoms with Crippen molar-refractivity contribution in [2.75, 3.05) is 13.7 Å². The summed E-state index contributed by atoms with van der Waals surface area (Å²) in [7, 11) is 1.65. The highest BCUT2D eigenvalue weighted by Gasteiger charge is 2.29. The van der Waals surface area contributed by atoms with Crippen molar-refractivity contribution in [3.05, 3.63) is 64.2 Å². The van der Waals surface area contributed by atoms with Crippen molar-refractivity contribution in [2.24, 2.45) is 0 Å². The van der Waals surface area contributed by atoms with Crippen LogP contribution in [0.15, 0.2) is 42.5 Å². The van der Waals surface area contributed by atoms with Crippen molar-refractivity contribution >= 4 is 11.6 Å². The number of benzene rings is 2. The standard InChI is InChI=1S/C18H17ClN2O/c1-22-18-10-13(11-20)2-3-15(18)12-21-9-8-17(21)14-4-6-16(19)7-5-14/h2-7,10,17H,8-9,12H2,1H3. The van der Waals surface area contributed by atoms with Crippen LogP contribution in [0.25, 0.3) is 0 Å². The Morgan fingerprint density at radius 2 is 2.05 bits per heavy atom. The minimum Gasteiger partial charge on any atom is -0.496 e. The Morgan fingerprint density at radius 3 is 2.64 bits per heavy atom. The molecule has 0 radical (unpaired) electrons. The van der Waals surface area contributed by atoms with Gasteiger partial charge in [0, 0.05) is 29.7 Å². The lowest BCUT2D eigenvalue weighted by atomic mass is 9.94. The van der Waals surface area contributed by atoms with Gasteiger partial charge in [0.05, 0.1) is 18.7 Å². The normalized spacial score (nSPS) is 17.6. The number of rotatable bonds is 4. The van der Waals surface area contributed by atoms with Gasteiger partial charge in [-0.1, -0.05) is 29.8 Å². The molecule has 1 fully saturated rings. The summed E-state index contributed by atoms with van der Waals surface area (Å²) in [6, 6.07) is 16.3. The predicted molar refractivity (Wildman–Crippen MR) is 86.9 cm³/mol. The average Bonchev–Trinajstić information content (AvgIpc) is 2.53. The Balaban J connectivity index is 1.76. The maximum Gasteiger partial charge on any atom is 0.124 e. The smallest absolute Gasteiger partial charge is 0.124 e. The summed E-state index contributed by atoms with van der Waals surface area (Å²) in [6.07, 6.45) is 1.15.